The van der Waals surface area contributed by atoms with Gasteiger partial charge in [-0.1, -0.05) is 6.42 Å². The summed E-state index contributed by atoms with van der Waals surface area (Å²) < 4.78 is 4.88. The van der Waals surface area contributed by atoms with Crippen LogP contribution < -0.4 is 5.32 Å². The second-order valence-electron chi connectivity index (χ2n) is 4.59. The summed E-state index contributed by atoms with van der Waals surface area (Å²) in [6, 6.07) is 2.04. The number of aryl methyl sites for hydroxylation is 1. The molecule has 1 heterocycles. The highest BCUT2D eigenvalue weighted by molar-refractivity contribution is 5.69. The first-order valence-electron chi connectivity index (χ1n) is 7.00. The Morgan fingerprint density at radius 3 is 2.95 bits per heavy atom. The molecule has 1 aromatic rings. The molecular formula is C15H24N2O2. The summed E-state index contributed by atoms with van der Waals surface area (Å²) in [4.78, 5) is 15.2. The third-order valence-corrected chi connectivity index (χ3v) is 2.99. The normalized spacial score (nSPS) is 10.4. The molecule has 0 atom stereocenters. The van der Waals surface area contributed by atoms with E-state index < -0.39 is 0 Å². The van der Waals surface area contributed by atoms with Gasteiger partial charge in [-0.25, -0.2) is 0 Å². The molecule has 0 aliphatic heterocycles. The van der Waals surface area contributed by atoms with Gasteiger partial charge in [-0.2, -0.15) is 0 Å². The van der Waals surface area contributed by atoms with Crippen LogP contribution >= 0.6 is 0 Å². The van der Waals surface area contributed by atoms with Gasteiger partial charge in [0.25, 0.3) is 0 Å². The Morgan fingerprint density at radius 2 is 2.21 bits per heavy atom. The van der Waals surface area contributed by atoms with E-state index in [1.165, 1.54) is 11.1 Å². The van der Waals surface area contributed by atoms with Gasteiger partial charge in [0.05, 0.1) is 6.61 Å². The molecule has 4 nitrogen and oxygen atoms in total. The fourth-order valence-corrected chi connectivity index (χ4v) is 1.85. The highest BCUT2D eigenvalue weighted by Gasteiger charge is 2.00. The zero-order valence-corrected chi connectivity index (χ0v) is 11.9. The molecule has 0 bridgehead atoms. The molecule has 0 saturated heterocycles. The summed E-state index contributed by atoms with van der Waals surface area (Å²) in [5.74, 6) is -0.0807. The number of rotatable bonds is 9. The van der Waals surface area contributed by atoms with Crippen molar-refractivity contribution in [2.45, 2.75) is 46.1 Å². The maximum atomic E-state index is 11.1. The van der Waals surface area contributed by atoms with E-state index >= 15 is 0 Å². The van der Waals surface area contributed by atoms with E-state index in [2.05, 4.69) is 17.2 Å². The van der Waals surface area contributed by atoms with Crippen molar-refractivity contribution in [1.29, 1.82) is 0 Å². The topological polar surface area (TPSA) is 51.2 Å². The molecule has 19 heavy (non-hydrogen) atoms. The number of aromatic nitrogens is 1. The lowest BCUT2D eigenvalue weighted by Gasteiger charge is -2.07. The van der Waals surface area contributed by atoms with Crippen LogP contribution in [0, 0.1) is 6.92 Å². The number of pyridine rings is 1. The standard InChI is InChI=1S/C15H24N2O2/c1-3-19-15(18)7-5-4-6-9-16-12-14-8-10-17-11-13(14)2/h8,10-11,16H,3-7,9,12H2,1-2H3. The Labute approximate surface area is 115 Å². The van der Waals surface area contributed by atoms with Crippen molar-refractivity contribution < 1.29 is 9.53 Å². The van der Waals surface area contributed by atoms with Crippen molar-refractivity contribution in [2.24, 2.45) is 0 Å². The van der Waals surface area contributed by atoms with E-state index in [9.17, 15) is 4.79 Å². The average Bonchev–Trinajstić information content (AvgIpc) is 2.40. The number of nitrogens with one attached hydrogen (secondary N) is 1. The van der Waals surface area contributed by atoms with Crippen LogP contribution in [0.2, 0.25) is 0 Å². The van der Waals surface area contributed by atoms with E-state index in [0.717, 1.165) is 32.4 Å². The van der Waals surface area contributed by atoms with Gasteiger partial charge in [-0.3, -0.25) is 9.78 Å². The van der Waals surface area contributed by atoms with Crippen LogP contribution in [0.25, 0.3) is 0 Å². The Bertz CT molecular complexity index is 380. The van der Waals surface area contributed by atoms with Crippen molar-refractivity contribution >= 4 is 5.97 Å². The number of unbranched alkanes of at least 4 members (excludes halogenated alkanes) is 2. The quantitative estimate of drug-likeness (QED) is 0.550. The molecule has 0 aromatic carbocycles. The van der Waals surface area contributed by atoms with Crippen LogP contribution in [-0.2, 0) is 16.1 Å². The number of hydrogen-bond donors (Lipinski definition) is 1. The summed E-state index contributed by atoms with van der Waals surface area (Å²) in [5, 5.41) is 3.41. The molecule has 0 aliphatic carbocycles. The Kier molecular flexibility index (Phi) is 7.82. The number of carbonyl (C=O) groups is 1. The minimum absolute atomic E-state index is 0.0807. The molecule has 0 aliphatic rings. The van der Waals surface area contributed by atoms with Crippen molar-refractivity contribution in [3.63, 3.8) is 0 Å². The number of hydrogen-bond acceptors (Lipinski definition) is 4. The van der Waals surface area contributed by atoms with Crippen molar-refractivity contribution in [2.75, 3.05) is 13.2 Å². The first-order valence-corrected chi connectivity index (χ1v) is 7.00. The molecule has 1 N–H and O–H groups in total. The number of esters is 1. The smallest absolute Gasteiger partial charge is 0.305 e. The lowest BCUT2D eigenvalue weighted by molar-refractivity contribution is -0.143. The summed E-state index contributed by atoms with van der Waals surface area (Å²) in [5.41, 5.74) is 2.51. The van der Waals surface area contributed by atoms with Crippen LogP contribution in [0.4, 0.5) is 0 Å². The van der Waals surface area contributed by atoms with Gasteiger partial charge in [0.2, 0.25) is 0 Å². The highest BCUT2D eigenvalue weighted by atomic mass is 16.5. The van der Waals surface area contributed by atoms with Crippen molar-refractivity contribution in [1.82, 2.24) is 10.3 Å². The lowest BCUT2D eigenvalue weighted by Crippen LogP contribution is -2.15. The van der Waals surface area contributed by atoms with Gasteiger partial charge in [0.1, 0.15) is 0 Å². The molecular weight excluding hydrogens is 240 g/mol. The maximum Gasteiger partial charge on any atom is 0.305 e. The second-order valence-corrected chi connectivity index (χ2v) is 4.59. The molecule has 0 radical (unpaired) electrons. The van der Waals surface area contributed by atoms with Crippen LogP contribution in [0.1, 0.15) is 43.7 Å². The monoisotopic (exact) mass is 264 g/mol. The van der Waals surface area contributed by atoms with Gasteiger partial charge < -0.3 is 10.1 Å². The van der Waals surface area contributed by atoms with Gasteiger partial charge in [-0.15, -0.1) is 0 Å². The molecule has 0 saturated carbocycles. The zero-order valence-electron chi connectivity index (χ0n) is 11.9. The van der Waals surface area contributed by atoms with Crippen LogP contribution in [0.15, 0.2) is 18.5 Å². The molecule has 0 fully saturated rings. The largest absolute Gasteiger partial charge is 0.466 e. The van der Waals surface area contributed by atoms with Crippen LogP contribution in [0.3, 0.4) is 0 Å². The maximum absolute atomic E-state index is 11.1. The van der Waals surface area contributed by atoms with Gasteiger partial charge in [0.15, 0.2) is 0 Å². The van der Waals surface area contributed by atoms with Crippen molar-refractivity contribution in [3.8, 4) is 0 Å². The third kappa shape index (κ3) is 6.91. The van der Waals surface area contributed by atoms with Crippen LogP contribution in [0.5, 0.6) is 0 Å². The molecule has 0 unspecified atom stereocenters. The molecule has 1 aromatic heterocycles. The fourth-order valence-electron chi connectivity index (χ4n) is 1.85. The van der Waals surface area contributed by atoms with Gasteiger partial charge >= 0.3 is 5.97 Å². The first-order chi connectivity index (χ1) is 9.24. The van der Waals surface area contributed by atoms with E-state index in [1.54, 1.807) is 0 Å². The summed E-state index contributed by atoms with van der Waals surface area (Å²) in [6.45, 7) is 6.24. The molecule has 0 amide bonds. The predicted octanol–water partition coefficient (Wildman–Crippen LogP) is 2.60. The Morgan fingerprint density at radius 1 is 1.37 bits per heavy atom. The molecule has 1 rings (SSSR count). The number of ether oxygens (including phenoxy) is 1. The summed E-state index contributed by atoms with van der Waals surface area (Å²) >= 11 is 0. The van der Waals surface area contributed by atoms with Gasteiger partial charge in [-0.05, 0) is 50.4 Å². The molecule has 4 heteroatoms. The van der Waals surface area contributed by atoms with Crippen LogP contribution in [-0.4, -0.2) is 24.1 Å². The minimum atomic E-state index is -0.0807. The lowest BCUT2D eigenvalue weighted by atomic mass is 10.1. The summed E-state index contributed by atoms with van der Waals surface area (Å²) in [6.07, 6.45) is 7.30. The van der Waals surface area contributed by atoms with E-state index in [4.69, 9.17) is 4.74 Å². The average molecular weight is 264 g/mol. The number of carbonyl (C=O) groups excluding carboxylic acids is 1. The minimum Gasteiger partial charge on any atom is -0.466 e. The fraction of sp³-hybridized carbons (Fsp3) is 0.600. The first kappa shape index (κ1) is 15.6. The Balaban J connectivity index is 2.00. The van der Waals surface area contributed by atoms with E-state index in [0.29, 0.717) is 13.0 Å². The van der Waals surface area contributed by atoms with E-state index in [-0.39, 0.29) is 5.97 Å². The Hall–Kier alpha value is -1.42. The zero-order chi connectivity index (χ0) is 13.9. The highest BCUT2D eigenvalue weighted by Crippen LogP contribution is 2.05. The number of nitrogens with zero attached hydrogens (tertiary/aromatic N) is 1. The predicted molar refractivity (Wildman–Crippen MR) is 75.8 cm³/mol. The van der Waals surface area contributed by atoms with Crippen molar-refractivity contribution in [3.05, 3.63) is 29.6 Å². The van der Waals surface area contributed by atoms with Gasteiger partial charge in [0, 0.05) is 25.4 Å². The second kappa shape index (κ2) is 9.50. The molecule has 0 spiro atoms. The SMILES string of the molecule is CCOC(=O)CCCCCNCc1ccncc1C. The summed E-state index contributed by atoms with van der Waals surface area (Å²) in [7, 11) is 0. The van der Waals surface area contributed by atoms with E-state index in [1.807, 2.05) is 25.4 Å². The third-order valence-electron chi connectivity index (χ3n) is 2.99. The molecule has 106 valence electrons.